The van der Waals surface area contributed by atoms with Crippen molar-refractivity contribution in [3.63, 3.8) is 0 Å². The van der Waals surface area contributed by atoms with Crippen LogP contribution >= 0.6 is 0 Å². The molecular formula is C19H21N3O3. The second kappa shape index (κ2) is 6.93. The van der Waals surface area contributed by atoms with Crippen LogP contribution in [0, 0.1) is 5.92 Å². The van der Waals surface area contributed by atoms with E-state index in [2.05, 4.69) is 17.6 Å². The fraction of sp³-hybridized carbons (Fsp3) is 0.316. The predicted molar refractivity (Wildman–Crippen MR) is 95.2 cm³/mol. The van der Waals surface area contributed by atoms with Gasteiger partial charge in [-0.3, -0.25) is 14.4 Å². The van der Waals surface area contributed by atoms with Gasteiger partial charge in [0.05, 0.1) is 11.7 Å². The number of rotatable bonds is 3. The average Bonchev–Trinajstić information content (AvgIpc) is 2.92. The summed E-state index contributed by atoms with van der Waals surface area (Å²) in [6.45, 7) is 4.38. The lowest BCUT2D eigenvalue weighted by molar-refractivity contribution is -0.136. The highest BCUT2D eigenvalue weighted by atomic mass is 16.2. The molecule has 1 aromatic heterocycles. The van der Waals surface area contributed by atoms with Crippen LogP contribution in [-0.2, 0) is 22.6 Å². The Morgan fingerprint density at radius 2 is 1.92 bits per heavy atom. The van der Waals surface area contributed by atoms with Crippen LogP contribution in [0.25, 0.3) is 0 Å². The molecule has 6 nitrogen and oxygen atoms in total. The fourth-order valence-electron chi connectivity index (χ4n) is 3.26. The Bertz CT molecular complexity index is 872. The topological polar surface area (TPSA) is 80.2 Å². The molecule has 1 aromatic carbocycles. The Hall–Kier alpha value is -2.89. The lowest BCUT2D eigenvalue weighted by atomic mass is 10.0. The molecule has 2 atom stereocenters. The summed E-state index contributed by atoms with van der Waals surface area (Å²) in [6.07, 6.45) is 2.41. The molecule has 1 aliphatic carbocycles. The lowest BCUT2D eigenvalue weighted by Crippen LogP contribution is -2.39. The maximum atomic E-state index is 12.3. The van der Waals surface area contributed by atoms with Gasteiger partial charge in [-0.15, -0.1) is 0 Å². The maximum Gasteiger partial charge on any atom is 0.313 e. The van der Waals surface area contributed by atoms with E-state index in [1.807, 2.05) is 31.2 Å². The molecule has 130 valence electrons. The van der Waals surface area contributed by atoms with E-state index in [9.17, 15) is 14.4 Å². The number of hydrogen-bond donors (Lipinski definition) is 2. The van der Waals surface area contributed by atoms with E-state index in [0.29, 0.717) is 12.2 Å². The normalized spacial score (nSPS) is 18.5. The summed E-state index contributed by atoms with van der Waals surface area (Å²) in [5.74, 6) is -1.18. The number of hydrogen-bond acceptors (Lipinski definition) is 3. The molecule has 0 fully saturated rings. The molecule has 2 amide bonds. The first-order chi connectivity index (χ1) is 12.0. The number of pyridine rings is 1. The van der Waals surface area contributed by atoms with Gasteiger partial charge < -0.3 is 15.2 Å². The predicted octanol–water partition coefficient (Wildman–Crippen LogP) is 1.86. The van der Waals surface area contributed by atoms with Gasteiger partial charge in [0, 0.05) is 18.8 Å². The van der Waals surface area contributed by atoms with Crippen LogP contribution in [0.3, 0.4) is 0 Å². The summed E-state index contributed by atoms with van der Waals surface area (Å²) in [7, 11) is 0. The van der Waals surface area contributed by atoms with Gasteiger partial charge in [0.25, 0.3) is 5.56 Å². The summed E-state index contributed by atoms with van der Waals surface area (Å²) < 4.78 is 1.46. The smallest absolute Gasteiger partial charge is 0.313 e. The zero-order valence-corrected chi connectivity index (χ0v) is 14.3. The summed E-state index contributed by atoms with van der Waals surface area (Å²) in [4.78, 5) is 36.1. The van der Waals surface area contributed by atoms with Gasteiger partial charge in [0.1, 0.15) is 0 Å². The van der Waals surface area contributed by atoms with Crippen molar-refractivity contribution < 1.29 is 9.59 Å². The molecule has 6 heteroatoms. The molecule has 0 saturated heterocycles. The molecule has 3 rings (SSSR count). The molecule has 25 heavy (non-hydrogen) atoms. The molecule has 0 bridgehead atoms. The number of fused-ring (bicyclic) bond motifs is 1. The van der Waals surface area contributed by atoms with Gasteiger partial charge in [0.15, 0.2) is 0 Å². The number of amides is 2. The molecular weight excluding hydrogens is 318 g/mol. The van der Waals surface area contributed by atoms with Crippen LogP contribution in [0.1, 0.15) is 31.0 Å². The van der Waals surface area contributed by atoms with E-state index in [4.69, 9.17) is 0 Å². The number of carbonyl (C=O) groups is 2. The first-order valence-electron chi connectivity index (χ1n) is 8.39. The van der Waals surface area contributed by atoms with E-state index in [1.54, 1.807) is 0 Å². The number of anilines is 1. The van der Waals surface area contributed by atoms with Crippen molar-refractivity contribution in [2.75, 3.05) is 5.32 Å². The van der Waals surface area contributed by atoms with Crippen molar-refractivity contribution in [2.45, 2.75) is 32.9 Å². The minimum absolute atomic E-state index is 0.152. The van der Waals surface area contributed by atoms with Crippen molar-refractivity contribution in [2.24, 2.45) is 5.92 Å². The van der Waals surface area contributed by atoms with Gasteiger partial charge in [-0.1, -0.05) is 31.2 Å². The zero-order valence-electron chi connectivity index (χ0n) is 14.3. The van der Waals surface area contributed by atoms with Crippen LogP contribution in [-0.4, -0.2) is 16.4 Å². The molecule has 0 radical (unpaired) electrons. The van der Waals surface area contributed by atoms with Crippen molar-refractivity contribution in [1.29, 1.82) is 0 Å². The standard InChI is InChI=1S/C19H21N3O3/c1-3-22-11-14(8-9-16(22)23)20-18(24)19(25)21-17-12(2)10-13-6-4-5-7-15(13)17/h4-9,11-12,17H,3,10H2,1-2H3,(H,20,24)(H,21,25)/t12-,17+/m1/s1. The average molecular weight is 339 g/mol. The molecule has 0 spiro atoms. The third kappa shape index (κ3) is 3.47. The van der Waals surface area contributed by atoms with Gasteiger partial charge in [0.2, 0.25) is 0 Å². The van der Waals surface area contributed by atoms with Gasteiger partial charge >= 0.3 is 11.8 Å². The van der Waals surface area contributed by atoms with Crippen molar-refractivity contribution in [3.8, 4) is 0 Å². The first-order valence-corrected chi connectivity index (χ1v) is 8.39. The first kappa shape index (κ1) is 17.0. The van der Waals surface area contributed by atoms with Crippen molar-refractivity contribution in [1.82, 2.24) is 9.88 Å². The highest BCUT2D eigenvalue weighted by Crippen LogP contribution is 2.35. The third-order valence-electron chi connectivity index (χ3n) is 4.58. The monoisotopic (exact) mass is 339 g/mol. The SMILES string of the molecule is CCn1cc(NC(=O)C(=O)N[C@@H]2c3ccccc3C[C@H]2C)ccc1=O. The zero-order chi connectivity index (χ0) is 18.0. The Morgan fingerprint density at radius 1 is 1.16 bits per heavy atom. The number of aryl methyl sites for hydroxylation is 1. The minimum Gasteiger partial charge on any atom is -0.341 e. The Balaban J connectivity index is 1.69. The third-order valence-corrected chi connectivity index (χ3v) is 4.58. The number of nitrogens with one attached hydrogen (secondary N) is 2. The van der Waals surface area contributed by atoms with Crippen LogP contribution in [0.5, 0.6) is 0 Å². The van der Waals surface area contributed by atoms with E-state index in [1.165, 1.54) is 28.5 Å². The Kier molecular flexibility index (Phi) is 4.70. The fourth-order valence-corrected chi connectivity index (χ4v) is 3.26. The van der Waals surface area contributed by atoms with Gasteiger partial charge in [-0.2, -0.15) is 0 Å². The number of carbonyl (C=O) groups excluding carboxylic acids is 2. The summed E-state index contributed by atoms with van der Waals surface area (Å²) in [5, 5.41) is 5.37. The molecule has 1 heterocycles. The number of nitrogens with zero attached hydrogens (tertiary/aromatic N) is 1. The largest absolute Gasteiger partial charge is 0.341 e. The molecule has 0 saturated carbocycles. The van der Waals surface area contributed by atoms with E-state index < -0.39 is 11.8 Å². The Labute approximate surface area is 145 Å². The van der Waals surface area contributed by atoms with Crippen molar-refractivity contribution in [3.05, 3.63) is 64.1 Å². The van der Waals surface area contributed by atoms with Crippen LogP contribution in [0.4, 0.5) is 5.69 Å². The van der Waals surface area contributed by atoms with E-state index in [0.717, 1.165) is 12.0 Å². The number of benzene rings is 1. The molecule has 0 unspecified atom stereocenters. The van der Waals surface area contributed by atoms with Crippen LogP contribution < -0.4 is 16.2 Å². The quantitative estimate of drug-likeness (QED) is 0.838. The minimum atomic E-state index is -0.738. The van der Waals surface area contributed by atoms with Crippen molar-refractivity contribution >= 4 is 17.5 Å². The summed E-state index contributed by atoms with van der Waals surface area (Å²) in [5.41, 5.74) is 2.54. The molecule has 2 aromatic rings. The molecule has 2 N–H and O–H groups in total. The highest BCUT2D eigenvalue weighted by Gasteiger charge is 2.31. The lowest BCUT2D eigenvalue weighted by Gasteiger charge is -2.18. The summed E-state index contributed by atoms with van der Waals surface area (Å²) >= 11 is 0. The van der Waals surface area contributed by atoms with Crippen LogP contribution in [0.15, 0.2) is 47.4 Å². The van der Waals surface area contributed by atoms with Gasteiger partial charge in [-0.05, 0) is 36.5 Å². The molecule has 1 aliphatic rings. The highest BCUT2D eigenvalue weighted by molar-refractivity contribution is 6.39. The van der Waals surface area contributed by atoms with Gasteiger partial charge in [-0.25, -0.2) is 0 Å². The number of aromatic nitrogens is 1. The second-order valence-corrected chi connectivity index (χ2v) is 6.33. The second-order valence-electron chi connectivity index (χ2n) is 6.33. The van der Waals surface area contributed by atoms with Crippen LogP contribution in [0.2, 0.25) is 0 Å². The maximum absolute atomic E-state index is 12.3. The summed E-state index contributed by atoms with van der Waals surface area (Å²) in [6, 6.07) is 10.6. The van der Waals surface area contributed by atoms with E-state index in [-0.39, 0.29) is 17.5 Å². The van der Waals surface area contributed by atoms with E-state index >= 15 is 0 Å². The molecule has 0 aliphatic heterocycles. The Morgan fingerprint density at radius 3 is 2.68 bits per heavy atom.